The topological polar surface area (TPSA) is 46.1 Å². The fourth-order valence-electron chi connectivity index (χ4n) is 3.40. The first-order chi connectivity index (χ1) is 10.7. The highest BCUT2D eigenvalue weighted by atomic mass is 32.2. The van der Waals surface area contributed by atoms with Gasteiger partial charge in [0.1, 0.15) is 16.2 Å². The number of likely N-dealkylation sites (tertiary alicyclic amines) is 1. The van der Waals surface area contributed by atoms with Crippen LogP contribution >= 0.6 is 23.1 Å². The van der Waals surface area contributed by atoms with Crippen molar-refractivity contribution in [2.45, 2.75) is 49.3 Å². The summed E-state index contributed by atoms with van der Waals surface area (Å²) in [6.07, 6.45) is 7.45. The van der Waals surface area contributed by atoms with Crippen LogP contribution < -0.4 is 0 Å². The maximum atomic E-state index is 12.5. The number of hydrogen-bond donors (Lipinski definition) is 0. The first-order valence-electron chi connectivity index (χ1n) is 7.95. The SMILES string of the molecule is C[C@@H](Sc1ncnc2sc3c(c12)CCC3)C(=O)N1CCCC1. The van der Waals surface area contributed by atoms with Crippen LogP contribution in [0, 0.1) is 0 Å². The maximum Gasteiger partial charge on any atom is 0.235 e. The molecule has 1 aliphatic carbocycles. The molecule has 0 radical (unpaired) electrons. The molecule has 1 fully saturated rings. The summed E-state index contributed by atoms with van der Waals surface area (Å²) in [6, 6.07) is 0. The van der Waals surface area contributed by atoms with E-state index in [0.29, 0.717) is 0 Å². The van der Waals surface area contributed by atoms with Crippen molar-refractivity contribution < 1.29 is 4.79 Å². The van der Waals surface area contributed by atoms with Gasteiger partial charge in [-0.2, -0.15) is 0 Å². The molecule has 4 rings (SSSR count). The first-order valence-corrected chi connectivity index (χ1v) is 9.64. The summed E-state index contributed by atoms with van der Waals surface area (Å²) < 4.78 is 0. The van der Waals surface area contributed by atoms with Crippen LogP contribution in [0.4, 0.5) is 0 Å². The molecule has 22 heavy (non-hydrogen) atoms. The highest BCUT2D eigenvalue weighted by molar-refractivity contribution is 8.00. The summed E-state index contributed by atoms with van der Waals surface area (Å²) in [5, 5.41) is 2.13. The van der Waals surface area contributed by atoms with Gasteiger partial charge in [-0.25, -0.2) is 9.97 Å². The Kier molecular flexibility index (Phi) is 3.82. The largest absolute Gasteiger partial charge is 0.342 e. The summed E-state index contributed by atoms with van der Waals surface area (Å²) >= 11 is 3.40. The van der Waals surface area contributed by atoms with Gasteiger partial charge in [0.15, 0.2) is 0 Å². The van der Waals surface area contributed by atoms with Crippen LogP contribution in [0.2, 0.25) is 0 Å². The number of fused-ring (bicyclic) bond motifs is 3. The number of aryl methyl sites for hydroxylation is 2. The van der Waals surface area contributed by atoms with Crippen molar-refractivity contribution in [3.05, 3.63) is 16.8 Å². The molecule has 0 aromatic carbocycles. The van der Waals surface area contributed by atoms with Crippen LogP contribution in [0.3, 0.4) is 0 Å². The monoisotopic (exact) mass is 333 g/mol. The van der Waals surface area contributed by atoms with Crippen LogP contribution in [0.15, 0.2) is 11.4 Å². The molecule has 0 spiro atoms. The smallest absolute Gasteiger partial charge is 0.235 e. The van der Waals surface area contributed by atoms with E-state index in [-0.39, 0.29) is 11.2 Å². The van der Waals surface area contributed by atoms with Crippen molar-refractivity contribution >= 4 is 39.2 Å². The highest BCUT2D eigenvalue weighted by Crippen LogP contribution is 2.41. The highest BCUT2D eigenvalue weighted by Gasteiger charge is 2.27. The van der Waals surface area contributed by atoms with E-state index in [1.165, 1.54) is 28.7 Å². The lowest BCUT2D eigenvalue weighted by molar-refractivity contribution is -0.129. The number of thioether (sulfide) groups is 1. The second-order valence-corrected chi connectivity index (χ2v) is 8.42. The summed E-state index contributed by atoms with van der Waals surface area (Å²) in [5.41, 5.74) is 1.43. The molecule has 1 amide bonds. The number of carbonyl (C=O) groups excluding carboxylic acids is 1. The molecule has 2 aromatic rings. The molecule has 4 nitrogen and oxygen atoms in total. The zero-order valence-corrected chi connectivity index (χ0v) is 14.3. The number of rotatable bonds is 3. The number of hydrogen-bond acceptors (Lipinski definition) is 5. The van der Waals surface area contributed by atoms with Gasteiger partial charge in [-0.05, 0) is 44.6 Å². The van der Waals surface area contributed by atoms with Crippen LogP contribution in [0.25, 0.3) is 10.2 Å². The molecule has 3 heterocycles. The van der Waals surface area contributed by atoms with Crippen molar-refractivity contribution in [3.63, 3.8) is 0 Å². The lowest BCUT2D eigenvalue weighted by atomic mass is 10.2. The van der Waals surface area contributed by atoms with Gasteiger partial charge in [0.25, 0.3) is 0 Å². The van der Waals surface area contributed by atoms with Gasteiger partial charge in [0.05, 0.1) is 5.25 Å². The molecule has 0 bridgehead atoms. The van der Waals surface area contributed by atoms with Gasteiger partial charge in [-0.1, -0.05) is 11.8 Å². The Morgan fingerprint density at radius 3 is 2.91 bits per heavy atom. The molecule has 0 unspecified atom stereocenters. The molecule has 0 N–H and O–H groups in total. The van der Waals surface area contributed by atoms with E-state index in [4.69, 9.17) is 0 Å². The number of carbonyl (C=O) groups is 1. The maximum absolute atomic E-state index is 12.5. The Hall–Kier alpha value is -1.14. The Labute approximate surface area is 138 Å². The first kappa shape index (κ1) is 14.5. The van der Waals surface area contributed by atoms with Gasteiger partial charge in [-0.3, -0.25) is 4.79 Å². The average molecular weight is 333 g/mol. The van der Waals surface area contributed by atoms with E-state index in [0.717, 1.165) is 42.2 Å². The predicted molar refractivity (Wildman–Crippen MR) is 90.6 cm³/mol. The summed E-state index contributed by atoms with van der Waals surface area (Å²) in [7, 11) is 0. The summed E-state index contributed by atoms with van der Waals surface area (Å²) in [4.78, 5) is 26.0. The zero-order valence-electron chi connectivity index (χ0n) is 12.7. The van der Waals surface area contributed by atoms with Gasteiger partial charge in [-0.15, -0.1) is 11.3 Å². The molecule has 1 saturated heterocycles. The normalized spacial score (nSPS) is 18.9. The van der Waals surface area contributed by atoms with Gasteiger partial charge < -0.3 is 4.90 Å². The van der Waals surface area contributed by atoms with E-state index in [1.807, 2.05) is 11.8 Å². The molecule has 0 saturated carbocycles. The molecule has 2 aromatic heterocycles. The predicted octanol–water partition coefficient (Wildman–Crippen LogP) is 3.28. The molecule has 1 aliphatic heterocycles. The van der Waals surface area contributed by atoms with Gasteiger partial charge >= 0.3 is 0 Å². The zero-order chi connectivity index (χ0) is 15.1. The van der Waals surface area contributed by atoms with Crippen molar-refractivity contribution in [1.82, 2.24) is 14.9 Å². The van der Waals surface area contributed by atoms with Crippen molar-refractivity contribution in [2.75, 3.05) is 13.1 Å². The van der Waals surface area contributed by atoms with Crippen molar-refractivity contribution in [2.24, 2.45) is 0 Å². The molecule has 1 atom stereocenters. The molecule has 116 valence electrons. The summed E-state index contributed by atoms with van der Waals surface area (Å²) in [5.74, 6) is 0.251. The minimum Gasteiger partial charge on any atom is -0.342 e. The number of nitrogens with zero attached hydrogens (tertiary/aromatic N) is 3. The third-order valence-electron chi connectivity index (χ3n) is 4.52. The number of thiophene rings is 1. The van der Waals surface area contributed by atoms with Crippen molar-refractivity contribution in [3.8, 4) is 0 Å². The number of aromatic nitrogens is 2. The fourth-order valence-corrected chi connectivity index (χ4v) is 5.73. The van der Waals surface area contributed by atoms with E-state index in [1.54, 1.807) is 29.4 Å². The Balaban J connectivity index is 1.62. The Bertz CT molecular complexity index is 721. The lowest BCUT2D eigenvalue weighted by Crippen LogP contribution is -2.34. The minimum absolute atomic E-state index is 0.0758. The van der Waals surface area contributed by atoms with E-state index >= 15 is 0 Å². The van der Waals surface area contributed by atoms with E-state index < -0.39 is 0 Å². The Morgan fingerprint density at radius 2 is 2.09 bits per heavy atom. The molecule has 2 aliphatic rings. The second kappa shape index (κ2) is 5.81. The van der Waals surface area contributed by atoms with Gasteiger partial charge in [0, 0.05) is 23.4 Å². The Morgan fingerprint density at radius 1 is 1.27 bits per heavy atom. The number of amides is 1. The molecular formula is C16H19N3OS2. The minimum atomic E-state index is -0.0758. The average Bonchev–Trinajstić information content (AvgIpc) is 3.22. The molecule has 6 heteroatoms. The second-order valence-electron chi connectivity index (χ2n) is 6.01. The van der Waals surface area contributed by atoms with Crippen LogP contribution in [0.5, 0.6) is 0 Å². The van der Waals surface area contributed by atoms with E-state index in [2.05, 4.69) is 9.97 Å². The third kappa shape index (κ3) is 2.42. The van der Waals surface area contributed by atoms with Crippen LogP contribution in [-0.4, -0.2) is 39.1 Å². The van der Waals surface area contributed by atoms with Crippen molar-refractivity contribution in [1.29, 1.82) is 0 Å². The standard InChI is InChI=1S/C16H19N3OS2/c1-10(16(20)19-7-2-3-8-19)21-14-13-11-5-4-6-12(11)22-15(13)18-9-17-14/h9-10H,2-8H2,1H3/t10-/m1/s1. The van der Waals surface area contributed by atoms with Crippen LogP contribution in [0.1, 0.15) is 36.6 Å². The van der Waals surface area contributed by atoms with Crippen LogP contribution in [-0.2, 0) is 17.6 Å². The van der Waals surface area contributed by atoms with E-state index in [9.17, 15) is 4.79 Å². The van der Waals surface area contributed by atoms with Gasteiger partial charge in [0.2, 0.25) is 5.91 Å². The fraction of sp³-hybridized carbons (Fsp3) is 0.562. The molecular weight excluding hydrogens is 314 g/mol. The third-order valence-corrected chi connectivity index (χ3v) is 6.81. The summed E-state index contributed by atoms with van der Waals surface area (Å²) in [6.45, 7) is 3.83. The quantitative estimate of drug-likeness (QED) is 0.639. The lowest BCUT2D eigenvalue weighted by Gasteiger charge is -2.19.